The fourth-order valence-corrected chi connectivity index (χ4v) is 4.26. The van der Waals surface area contributed by atoms with Gasteiger partial charge in [-0.2, -0.15) is 9.61 Å². The first-order chi connectivity index (χ1) is 14.6. The Balaban J connectivity index is 1.55. The molecule has 0 N–H and O–H groups in total. The lowest BCUT2D eigenvalue weighted by atomic mass is 9.95. The van der Waals surface area contributed by atoms with Gasteiger partial charge in [0.1, 0.15) is 17.8 Å². The molecule has 0 radical (unpaired) electrons. The number of carbonyl (C=O) groups excluding carboxylic acids is 1. The van der Waals surface area contributed by atoms with Gasteiger partial charge in [0.15, 0.2) is 5.65 Å². The molecule has 0 unspecified atom stereocenters. The highest BCUT2D eigenvalue weighted by atomic mass is 16.5. The molecule has 2 aromatic heterocycles. The maximum Gasteiger partial charge on any atom is 0.274 e. The Morgan fingerprint density at radius 2 is 2.13 bits per heavy atom. The van der Waals surface area contributed by atoms with Crippen molar-refractivity contribution in [3.63, 3.8) is 0 Å². The van der Waals surface area contributed by atoms with E-state index in [2.05, 4.69) is 41.3 Å². The van der Waals surface area contributed by atoms with E-state index in [0.717, 1.165) is 55.6 Å². The third-order valence-corrected chi connectivity index (χ3v) is 5.93. The molecule has 0 aliphatic carbocycles. The van der Waals surface area contributed by atoms with Crippen LogP contribution in [0.3, 0.4) is 0 Å². The molecule has 0 saturated carbocycles. The van der Waals surface area contributed by atoms with Crippen LogP contribution < -0.4 is 4.74 Å². The van der Waals surface area contributed by atoms with Gasteiger partial charge in [-0.1, -0.05) is 26.0 Å². The minimum Gasteiger partial charge on any atom is -0.497 e. The van der Waals surface area contributed by atoms with Crippen LogP contribution in [-0.2, 0) is 6.42 Å². The Morgan fingerprint density at radius 3 is 2.93 bits per heavy atom. The van der Waals surface area contributed by atoms with E-state index < -0.39 is 0 Å². The minimum absolute atomic E-state index is 0.00263. The summed E-state index contributed by atoms with van der Waals surface area (Å²) in [4.78, 5) is 15.5. The second-order valence-electron chi connectivity index (χ2n) is 8.28. The molecule has 1 saturated heterocycles. The number of piperidine rings is 1. The van der Waals surface area contributed by atoms with Crippen molar-refractivity contribution in [3.05, 3.63) is 53.5 Å². The molecule has 1 aromatic carbocycles. The first kappa shape index (κ1) is 20.3. The molecule has 7 nitrogen and oxygen atoms in total. The minimum atomic E-state index is 0.00263. The highest BCUT2D eigenvalue weighted by Crippen LogP contribution is 2.26. The Kier molecular flexibility index (Phi) is 5.97. The highest BCUT2D eigenvalue weighted by molar-refractivity contribution is 5.93. The zero-order valence-electron chi connectivity index (χ0n) is 17.9. The van der Waals surface area contributed by atoms with Crippen molar-refractivity contribution in [2.24, 2.45) is 0 Å². The number of methoxy groups -OCH3 is 1. The van der Waals surface area contributed by atoms with E-state index >= 15 is 0 Å². The van der Waals surface area contributed by atoms with E-state index in [0.29, 0.717) is 5.69 Å². The smallest absolute Gasteiger partial charge is 0.274 e. The van der Waals surface area contributed by atoms with Gasteiger partial charge < -0.3 is 9.64 Å². The number of aromatic nitrogens is 4. The summed E-state index contributed by atoms with van der Waals surface area (Å²) in [5.41, 5.74) is 3.42. The second kappa shape index (κ2) is 8.81. The number of carbonyl (C=O) groups is 1. The summed E-state index contributed by atoms with van der Waals surface area (Å²) in [7, 11) is 1.69. The zero-order valence-corrected chi connectivity index (χ0v) is 17.9. The van der Waals surface area contributed by atoms with Gasteiger partial charge in [-0.3, -0.25) is 4.79 Å². The highest BCUT2D eigenvalue weighted by Gasteiger charge is 2.29. The molecule has 1 amide bonds. The van der Waals surface area contributed by atoms with Crippen LogP contribution in [0.5, 0.6) is 5.75 Å². The summed E-state index contributed by atoms with van der Waals surface area (Å²) >= 11 is 0. The predicted octanol–water partition coefficient (Wildman–Crippen LogP) is 3.88. The summed E-state index contributed by atoms with van der Waals surface area (Å²) in [5, 5.41) is 12.6. The topological polar surface area (TPSA) is 72.6 Å². The maximum absolute atomic E-state index is 13.5. The number of benzene rings is 1. The lowest BCUT2D eigenvalue weighted by molar-refractivity contribution is 0.0594. The van der Waals surface area contributed by atoms with Gasteiger partial charge >= 0.3 is 0 Å². The molecular weight excluding hydrogens is 378 g/mol. The van der Waals surface area contributed by atoms with E-state index in [-0.39, 0.29) is 17.9 Å². The van der Waals surface area contributed by atoms with Gasteiger partial charge in [-0.05, 0) is 61.8 Å². The van der Waals surface area contributed by atoms with Crippen molar-refractivity contribution in [2.45, 2.75) is 57.9 Å². The van der Waals surface area contributed by atoms with E-state index in [1.807, 2.05) is 23.1 Å². The lowest BCUT2D eigenvalue weighted by Gasteiger charge is -2.35. The average Bonchev–Trinajstić information content (AvgIpc) is 3.25. The summed E-state index contributed by atoms with van der Waals surface area (Å²) < 4.78 is 6.96. The molecule has 0 bridgehead atoms. The van der Waals surface area contributed by atoms with E-state index in [4.69, 9.17) is 4.74 Å². The fraction of sp³-hybridized carbons (Fsp3) is 0.478. The molecule has 1 atom stereocenters. The van der Waals surface area contributed by atoms with Crippen LogP contribution in [0.25, 0.3) is 5.65 Å². The van der Waals surface area contributed by atoms with Gasteiger partial charge in [0.05, 0.1) is 7.11 Å². The SMILES string of the molecule is COc1cccc(CC[C@@H]2CCCCN2C(=O)c2cc(C(C)C)c3nncn3n2)c1. The predicted molar refractivity (Wildman–Crippen MR) is 115 cm³/mol. The van der Waals surface area contributed by atoms with Crippen molar-refractivity contribution in [2.75, 3.05) is 13.7 Å². The largest absolute Gasteiger partial charge is 0.497 e. The van der Waals surface area contributed by atoms with Crippen molar-refractivity contribution in [1.82, 2.24) is 24.7 Å². The van der Waals surface area contributed by atoms with Crippen molar-refractivity contribution < 1.29 is 9.53 Å². The standard InChI is InChI=1S/C23H29N5O2/c1-16(2)20-14-21(26-28-15-24-25-22(20)28)23(29)27-12-5-4-8-18(27)11-10-17-7-6-9-19(13-17)30-3/h6-7,9,13-16,18H,4-5,8,10-12H2,1-3H3/t18-/m0/s1. The molecule has 3 aromatic rings. The number of hydrogen-bond acceptors (Lipinski definition) is 5. The lowest BCUT2D eigenvalue weighted by Crippen LogP contribution is -2.44. The number of amides is 1. The third-order valence-electron chi connectivity index (χ3n) is 5.93. The van der Waals surface area contributed by atoms with Crippen molar-refractivity contribution >= 4 is 11.6 Å². The molecular formula is C23H29N5O2. The molecule has 0 spiro atoms. The fourth-order valence-electron chi connectivity index (χ4n) is 4.26. The summed E-state index contributed by atoms with van der Waals surface area (Å²) in [6, 6.07) is 10.3. The molecule has 1 aliphatic heterocycles. The summed E-state index contributed by atoms with van der Waals surface area (Å²) in [6.07, 6.45) is 6.64. The number of likely N-dealkylation sites (tertiary alicyclic amines) is 1. The van der Waals surface area contributed by atoms with Crippen LogP contribution in [-0.4, -0.2) is 50.3 Å². The van der Waals surface area contributed by atoms with Crippen LogP contribution >= 0.6 is 0 Å². The summed E-state index contributed by atoms with van der Waals surface area (Å²) in [5.74, 6) is 1.11. The maximum atomic E-state index is 13.5. The Hall–Kier alpha value is -2.96. The molecule has 3 heterocycles. The van der Waals surface area contributed by atoms with E-state index in [9.17, 15) is 4.79 Å². The van der Waals surface area contributed by atoms with E-state index in [1.165, 1.54) is 5.56 Å². The molecule has 4 rings (SSSR count). The number of aryl methyl sites for hydroxylation is 1. The van der Waals surface area contributed by atoms with Crippen LogP contribution in [0.4, 0.5) is 0 Å². The molecule has 7 heteroatoms. The molecule has 158 valence electrons. The van der Waals surface area contributed by atoms with Crippen LogP contribution in [0.15, 0.2) is 36.7 Å². The van der Waals surface area contributed by atoms with Gasteiger partial charge in [-0.15, -0.1) is 10.2 Å². The Bertz CT molecular complexity index is 1030. The van der Waals surface area contributed by atoms with Crippen LogP contribution in [0, 0.1) is 0 Å². The number of rotatable bonds is 6. The molecule has 30 heavy (non-hydrogen) atoms. The number of hydrogen-bond donors (Lipinski definition) is 0. The quantitative estimate of drug-likeness (QED) is 0.620. The normalized spacial score (nSPS) is 16.9. The summed E-state index contributed by atoms with van der Waals surface area (Å²) in [6.45, 7) is 4.97. The van der Waals surface area contributed by atoms with Crippen molar-refractivity contribution in [1.29, 1.82) is 0 Å². The molecule has 1 aliphatic rings. The zero-order chi connectivity index (χ0) is 21.1. The van der Waals surface area contributed by atoms with Gasteiger partial charge in [0.2, 0.25) is 0 Å². The van der Waals surface area contributed by atoms with Gasteiger partial charge in [0.25, 0.3) is 5.91 Å². The third kappa shape index (κ3) is 4.15. The van der Waals surface area contributed by atoms with Crippen LogP contribution in [0.1, 0.15) is 67.1 Å². The monoisotopic (exact) mass is 407 g/mol. The van der Waals surface area contributed by atoms with Gasteiger partial charge in [-0.25, -0.2) is 0 Å². The second-order valence-corrected chi connectivity index (χ2v) is 8.28. The first-order valence-corrected chi connectivity index (χ1v) is 10.7. The Labute approximate surface area is 177 Å². The van der Waals surface area contributed by atoms with Crippen molar-refractivity contribution in [3.8, 4) is 5.75 Å². The van der Waals surface area contributed by atoms with E-state index in [1.54, 1.807) is 18.0 Å². The average molecular weight is 408 g/mol. The number of fused-ring (bicyclic) bond motifs is 1. The molecule has 1 fully saturated rings. The Morgan fingerprint density at radius 1 is 1.27 bits per heavy atom. The van der Waals surface area contributed by atoms with Crippen LogP contribution in [0.2, 0.25) is 0 Å². The van der Waals surface area contributed by atoms with Gasteiger partial charge in [0, 0.05) is 18.2 Å². The first-order valence-electron chi connectivity index (χ1n) is 10.7. The number of ether oxygens (including phenoxy) is 1. The number of nitrogens with zero attached hydrogens (tertiary/aromatic N) is 5.